The first-order valence-corrected chi connectivity index (χ1v) is 11.1. The lowest BCUT2D eigenvalue weighted by Gasteiger charge is -2.12. The van der Waals surface area contributed by atoms with E-state index in [9.17, 15) is 16.8 Å². The average Bonchev–Trinajstić information content (AvgIpc) is 2.93. The molecule has 8 heteroatoms. The highest BCUT2D eigenvalue weighted by molar-refractivity contribution is 7.93. The summed E-state index contributed by atoms with van der Waals surface area (Å²) in [4.78, 5) is 0.0299. The van der Waals surface area contributed by atoms with E-state index < -0.39 is 20.0 Å². The second-order valence-corrected chi connectivity index (χ2v) is 9.73. The minimum Gasteiger partial charge on any atom is -0.280 e. The predicted molar refractivity (Wildman–Crippen MR) is 105 cm³/mol. The first kappa shape index (κ1) is 19.2. The minimum atomic E-state index is -3.94. The van der Waals surface area contributed by atoms with Crippen molar-refractivity contribution in [2.45, 2.75) is 30.6 Å². The van der Waals surface area contributed by atoms with E-state index in [0.717, 1.165) is 9.54 Å². The van der Waals surface area contributed by atoms with Crippen LogP contribution in [0.25, 0.3) is 0 Å². The number of hydrogen-bond acceptors (Lipinski definition) is 4. The number of nitrogens with zero attached hydrogens (tertiary/aromatic N) is 1. The molecule has 0 amide bonds. The van der Waals surface area contributed by atoms with Crippen LogP contribution in [0.15, 0.2) is 70.5 Å². The van der Waals surface area contributed by atoms with E-state index in [0.29, 0.717) is 11.4 Å². The third-order valence-electron chi connectivity index (χ3n) is 4.20. The second kappa shape index (κ2) is 6.86. The lowest BCUT2D eigenvalue weighted by Crippen LogP contribution is -2.18. The Labute approximate surface area is 159 Å². The van der Waals surface area contributed by atoms with Gasteiger partial charge in [0.05, 0.1) is 10.6 Å². The lowest BCUT2D eigenvalue weighted by atomic mass is 10.2. The maximum atomic E-state index is 13.0. The molecule has 6 nitrogen and oxygen atoms in total. The summed E-state index contributed by atoms with van der Waals surface area (Å²) in [5, 5.41) is 0. The van der Waals surface area contributed by atoms with E-state index in [1.165, 1.54) is 25.1 Å². The van der Waals surface area contributed by atoms with Crippen LogP contribution in [0.4, 0.5) is 5.69 Å². The Kier molecular flexibility index (Phi) is 4.88. The van der Waals surface area contributed by atoms with E-state index >= 15 is 0 Å². The molecule has 0 spiro atoms. The van der Waals surface area contributed by atoms with Crippen molar-refractivity contribution in [3.8, 4) is 0 Å². The number of aromatic nitrogens is 1. The first-order valence-electron chi connectivity index (χ1n) is 8.22. The Hall–Kier alpha value is -2.58. The van der Waals surface area contributed by atoms with Gasteiger partial charge < -0.3 is 0 Å². The molecule has 2 aromatic carbocycles. The molecule has 0 radical (unpaired) electrons. The fourth-order valence-corrected chi connectivity index (χ4v) is 5.91. The zero-order chi connectivity index (χ0) is 19.8. The van der Waals surface area contributed by atoms with Crippen molar-refractivity contribution >= 4 is 25.7 Å². The van der Waals surface area contributed by atoms with Gasteiger partial charge in [0.15, 0.2) is 0 Å². The van der Waals surface area contributed by atoms with Gasteiger partial charge in [0.1, 0.15) is 4.90 Å². The number of anilines is 1. The molecule has 3 rings (SSSR count). The van der Waals surface area contributed by atoms with Gasteiger partial charge in [-0.1, -0.05) is 35.9 Å². The van der Waals surface area contributed by atoms with Gasteiger partial charge in [-0.25, -0.2) is 20.8 Å². The maximum Gasteiger partial charge on any atom is 0.268 e. The molecule has 0 bridgehead atoms. The number of benzene rings is 2. The molecule has 0 fully saturated rings. The molecule has 1 N–H and O–H groups in total. The smallest absolute Gasteiger partial charge is 0.268 e. The van der Waals surface area contributed by atoms with Crippen LogP contribution in [0.5, 0.6) is 0 Å². The summed E-state index contributed by atoms with van der Waals surface area (Å²) in [6, 6.07) is 16.2. The molecule has 1 aromatic heterocycles. The Morgan fingerprint density at radius 3 is 2.00 bits per heavy atom. The van der Waals surface area contributed by atoms with Gasteiger partial charge in [-0.15, -0.1) is 0 Å². The standard InChI is InChI=1S/C19H20N2O4S2/c1-14-9-11-17(12-10-14)20-26(22,23)19-13-15(2)21(16(19)3)27(24,25)18-7-5-4-6-8-18/h4-13,20H,1-3H3. The molecule has 0 aliphatic carbocycles. The quantitative estimate of drug-likeness (QED) is 0.706. The van der Waals surface area contributed by atoms with Crippen molar-refractivity contribution in [3.63, 3.8) is 0 Å². The van der Waals surface area contributed by atoms with E-state index in [-0.39, 0.29) is 15.5 Å². The molecule has 3 aromatic rings. The third-order valence-corrected chi connectivity index (χ3v) is 7.60. The lowest BCUT2D eigenvalue weighted by molar-refractivity contribution is 0.584. The Morgan fingerprint density at radius 1 is 0.815 bits per heavy atom. The summed E-state index contributed by atoms with van der Waals surface area (Å²) in [6.45, 7) is 4.95. The van der Waals surface area contributed by atoms with Crippen molar-refractivity contribution < 1.29 is 16.8 Å². The molecule has 0 unspecified atom stereocenters. The SMILES string of the molecule is Cc1ccc(NS(=O)(=O)c2cc(C)n(S(=O)(=O)c3ccccc3)c2C)cc1. The summed E-state index contributed by atoms with van der Waals surface area (Å²) in [7, 11) is -7.83. The number of sulfonamides is 1. The van der Waals surface area contributed by atoms with Gasteiger partial charge in [-0.3, -0.25) is 4.72 Å². The fraction of sp³-hybridized carbons (Fsp3) is 0.158. The van der Waals surface area contributed by atoms with E-state index in [2.05, 4.69) is 4.72 Å². The number of rotatable bonds is 5. The molecular formula is C19H20N2O4S2. The molecule has 1 heterocycles. The van der Waals surface area contributed by atoms with Crippen LogP contribution in [0.3, 0.4) is 0 Å². The number of nitrogens with one attached hydrogen (secondary N) is 1. The van der Waals surface area contributed by atoms with Crippen LogP contribution in [-0.4, -0.2) is 20.8 Å². The van der Waals surface area contributed by atoms with Gasteiger partial charge in [-0.05, 0) is 51.1 Å². The van der Waals surface area contributed by atoms with E-state index in [1.54, 1.807) is 49.4 Å². The van der Waals surface area contributed by atoms with Gasteiger partial charge >= 0.3 is 0 Å². The Morgan fingerprint density at radius 2 is 1.41 bits per heavy atom. The minimum absolute atomic E-state index is 0.0694. The highest BCUT2D eigenvalue weighted by Gasteiger charge is 2.28. The summed E-state index contributed by atoms with van der Waals surface area (Å²) < 4.78 is 55.1. The summed E-state index contributed by atoms with van der Waals surface area (Å²) in [5.74, 6) is 0. The fourth-order valence-electron chi connectivity index (χ4n) is 2.89. The summed E-state index contributed by atoms with van der Waals surface area (Å²) in [5.41, 5.74) is 1.87. The average molecular weight is 405 g/mol. The predicted octanol–water partition coefficient (Wildman–Crippen LogP) is 3.45. The Balaban J connectivity index is 2.07. The van der Waals surface area contributed by atoms with E-state index in [1.807, 2.05) is 6.92 Å². The van der Waals surface area contributed by atoms with E-state index in [4.69, 9.17) is 0 Å². The topological polar surface area (TPSA) is 85.2 Å². The van der Waals surface area contributed by atoms with Gasteiger partial charge in [0, 0.05) is 11.4 Å². The van der Waals surface area contributed by atoms with Crippen molar-refractivity contribution in [3.05, 3.63) is 77.6 Å². The van der Waals surface area contributed by atoms with Gasteiger partial charge in [0.25, 0.3) is 20.0 Å². The molecule has 0 saturated carbocycles. The van der Waals surface area contributed by atoms with Gasteiger partial charge in [-0.2, -0.15) is 0 Å². The molecule has 27 heavy (non-hydrogen) atoms. The molecule has 0 aliphatic heterocycles. The maximum absolute atomic E-state index is 13.0. The highest BCUT2D eigenvalue weighted by Crippen LogP contribution is 2.27. The second-order valence-electron chi connectivity index (χ2n) is 6.29. The Bertz CT molecular complexity index is 1180. The van der Waals surface area contributed by atoms with Crippen molar-refractivity contribution in [1.82, 2.24) is 3.97 Å². The monoisotopic (exact) mass is 404 g/mol. The van der Waals surface area contributed by atoms with Crippen molar-refractivity contribution in [1.29, 1.82) is 0 Å². The molecule has 142 valence electrons. The van der Waals surface area contributed by atoms with Crippen LogP contribution in [0, 0.1) is 20.8 Å². The van der Waals surface area contributed by atoms with Crippen molar-refractivity contribution in [2.75, 3.05) is 4.72 Å². The number of aryl methyl sites for hydroxylation is 2. The largest absolute Gasteiger partial charge is 0.280 e. The third kappa shape index (κ3) is 3.63. The zero-order valence-corrected chi connectivity index (χ0v) is 16.8. The van der Waals surface area contributed by atoms with Crippen LogP contribution in [-0.2, 0) is 20.0 Å². The van der Waals surface area contributed by atoms with Crippen LogP contribution in [0.1, 0.15) is 17.0 Å². The van der Waals surface area contributed by atoms with Crippen LogP contribution >= 0.6 is 0 Å². The van der Waals surface area contributed by atoms with Crippen LogP contribution in [0.2, 0.25) is 0 Å². The molecule has 0 saturated heterocycles. The summed E-state index contributed by atoms with van der Waals surface area (Å²) >= 11 is 0. The van der Waals surface area contributed by atoms with Gasteiger partial charge in [0.2, 0.25) is 0 Å². The van der Waals surface area contributed by atoms with Crippen LogP contribution < -0.4 is 4.72 Å². The molecule has 0 aliphatic rings. The van der Waals surface area contributed by atoms with Crippen molar-refractivity contribution in [2.24, 2.45) is 0 Å². The first-order chi connectivity index (χ1) is 12.6. The zero-order valence-electron chi connectivity index (χ0n) is 15.2. The molecule has 0 atom stereocenters. The summed E-state index contributed by atoms with van der Waals surface area (Å²) in [6.07, 6.45) is 0. The normalized spacial score (nSPS) is 12.1. The molecular weight excluding hydrogens is 384 g/mol. The highest BCUT2D eigenvalue weighted by atomic mass is 32.2. The number of hydrogen-bond donors (Lipinski definition) is 1.